The maximum absolute atomic E-state index is 10.7. The molecule has 6 heteroatoms. The zero-order valence-corrected chi connectivity index (χ0v) is 10.6. The van der Waals surface area contributed by atoms with Gasteiger partial charge in [0.25, 0.3) is 5.17 Å². The Labute approximate surface area is 106 Å². The second-order valence-electron chi connectivity index (χ2n) is 3.23. The molecule has 0 unspecified atom stereocenters. The zero-order valence-electron chi connectivity index (χ0n) is 9.74. The molecule has 0 spiro atoms. The van der Waals surface area contributed by atoms with Crippen LogP contribution in [-0.4, -0.2) is 17.7 Å². The standard InChI is InChI=1S/C11H15N3O2S/c1-3-16-11(17)12-9-4-6-10(7-5-9)14-13-8(2)15/h4-7,14H,3H2,1-2H3,(H,12,17)(H,13,15). The first-order valence-electron chi connectivity index (χ1n) is 5.18. The fourth-order valence-electron chi connectivity index (χ4n) is 1.08. The number of anilines is 2. The number of hydrogen-bond acceptors (Lipinski definition) is 4. The monoisotopic (exact) mass is 253 g/mol. The van der Waals surface area contributed by atoms with Gasteiger partial charge in [-0.05, 0) is 43.4 Å². The maximum Gasteiger partial charge on any atom is 0.261 e. The van der Waals surface area contributed by atoms with E-state index in [2.05, 4.69) is 16.2 Å². The lowest BCUT2D eigenvalue weighted by molar-refractivity contribution is -0.118. The van der Waals surface area contributed by atoms with Crippen molar-refractivity contribution < 1.29 is 9.53 Å². The molecular formula is C11H15N3O2S. The Morgan fingerprint density at radius 1 is 1.29 bits per heavy atom. The summed E-state index contributed by atoms with van der Waals surface area (Å²) in [6.45, 7) is 3.84. The minimum Gasteiger partial charge on any atom is -0.471 e. The fraction of sp³-hybridized carbons (Fsp3) is 0.273. The lowest BCUT2D eigenvalue weighted by Gasteiger charge is -2.09. The molecule has 5 nitrogen and oxygen atoms in total. The highest BCUT2D eigenvalue weighted by Crippen LogP contribution is 2.12. The van der Waals surface area contributed by atoms with Crippen LogP contribution in [0.15, 0.2) is 24.3 Å². The summed E-state index contributed by atoms with van der Waals surface area (Å²) in [5.41, 5.74) is 6.86. The van der Waals surface area contributed by atoms with Crippen molar-refractivity contribution in [3.8, 4) is 0 Å². The predicted molar refractivity (Wildman–Crippen MR) is 71.7 cm³/mol. The normalized spacial score (nSPS) is 9.29. The third-order valence-electron chi connectivity index (χ3n) is 1.79. The Kier molecular flexibility index (Phi) is 5.22. The molecule has 17 heavy (non-hydrogen) atoms. The Hall–Kier alpha value is -1.82. The van der Waals surface area contributed by atoms with Gasteiger partial charge >= 0.3 is 0 Å². The van der Waals surface area contributed by atoms with Crippen LogP contribution in [0, 0.1) is 0 Å². The average Bonchev–Trinajstić information content (AvgIpc) is 2.28. The molecule has 1 aromatic rings. The van der Waals surface area contributed by atoms with Crippen LogP contribution >= 0.6 is 12.2 Å². The van der Waals surface area contributed by atoms with Crippen LogP contribution in [0.1, 0.15) is 13.8 Å². The highest BCUT2D eigenvalue weighted by atomic mass is 32.1. The lowest BCUT2D eigenvalue weighted by Crippen LogP contribution is -2.26. The molecule has 0 radical (unpaired) electrons. The molecule has 0 aliphatic heterocycles. The van der Waals surface area contributed by atoms with Gasteiger partial charge in [0.1, 0.15) is 0 Å². The van der Waals surface area contributed by atoms with E-state index in [1.807, 2.05) is 31.2 Å². The highest BCUT2D eigenvalue weighted by molar-refractivity contribution is 7.80. The summed E-state index contributed by atoms with van der Waals surface area (Å²) in [7, 11) is 0. The number of amides is 1. The van der Waals surface area contributed by atoms with Gasteiger partial charge in [0.05, 0.1) is 12.3 Å². The number of nitrogens with one attached hydrogen (secondary N) is 3. The third kappa shape index (κ3) is 5.17. The predicted octanol–water partition coefficient (Wildman–Crippen LogP) is 1.88. The Morgan fingerprint density at radius 3 is 2.41 bits per heavy atom. The van der Waals surface area contributed by atoms with Gasteiger partial charge in [-0.25, -0.2) is 0 Å². The van der Waals surface area contributed by atoms with E-state index < -0.39 is 0 Å². The first-order chi connectivity index (χ1) is 8.11. The molecule has 0 saturated heterocycles. The van der Waals surface area contributed by atoms with Gasteiger partial charge in [0, 0.05) is 12.6 Å². The van der Waals surface area contributed by atoms with Gasteiger partial charge in [-0.2, -0.15) is 0 Å². The molecule has 1 amide bonds. The fourth-order valence-corrected chi connectivity index (χ4v) is 1.32. The second-order valence-corrected chi connectivity index (χ2v) is 3.60. The minimum absolute atomic E-state index is 0.148. The van der Waals surface area contributed by atoms with Gasteiger partial charge in [-0.3, -0.25) is 15.6 Å². The van der Waals surface area contributed by atoms with Gasteiger partial charge in [0.15, 0.2) is 0 Å². The summed E-state index contributed by atoms with van der Waals surface area (Å²) >= 11 is 4.95. The first-order valence-corrected chi connectivity index (χ1v) is 5.59. The van der Waals surface area contributed by atoms with Crippen molar-refractivity contribution in [3.05, 3.63) is 24.3 Å². The molecular weight excluding hydrogens is 238 g/mol. The van der Waals surface area contributed by atoms with E-state index in [-0.39, 0.29) is 5.91 Å². The molecule has 0 heterocycles. The summed E-state index contributed by atoms with van der Waals surface area (Å²) < 4.78 is 5.10. The number of carbonyl (C=O) groups is 1. The summed E-state index contributed by atoms with van der Waals surface area (Å²) in [5, 5.41) is 3.27. The molecule has 0 atom stereocenters. The van der Waals surface area contributed by atoms with Crippen molar-refractivity contribution in [2.45, 2.75) is 13.8 Å². The van der Waals surface area contributed by atoms with Gasteiger partial charge < -0.3 is 10.1 Å². The Bertz CT molecular complexity index is 392. The number of hydrazine groups is 1. The second kappa shape index (κ2) is 6.70. The van der Waals surface area contributed by atoms with E-state index in [4.69, 9.17) is 17.0 Å². The summed E-state index contributed by atoms with van der Waals surface area (Å²) in [6, 6.07) is 7.28. The number of hydrogen-bond donors (Lipinski definition) is 3. The highest BCUT2D eigenvalue weighted by Gasteiger charge is 1.98. The maximum atomic E-state index is 10.7. The number of rotatable bonds is 4. The van der Waals surface area contributed by atoms with E-state index in [1.54, 1.807) is 0 Å². The number of thiocarbonyl (C=S) groups is 1. The van der Waals surface area contributed by atoms with Crippen molar-refractivity contribution in [1.82, 2.24) is 5.43 Å². The van der Waals surface area contributed by atoms with Crippen molar-refractivity contribution >= 4 is 34.7 Å². The van der Waals surface area contributed by atoms with Gasteiger partial charge in [-0.15, -0.1) is 0 Å². The molecule has 0 aromatic heterocycles. The molecule has 3 N–H and O–H groups in total. The minimum atomic E-state index is -0.148. The molecule has 0 aliphatic carbocycles. The van der Waals surface area contributed by atoms with E-state index >= 15 is 0 Å². The van der Waals surface area contributed by atoms with E-state index in [0.717, 1.165) is 11.4 Å². The molecule has 0 aliphatic rings. The van der Waals surface area contributed by atoms with Crippen molar-refractivity contribution in [2.24, 2.45) is 0 Å². The summed E-state index contributed by atoms with van der Waals surface area (Å²) in [5.74, 6) is -0.148. The number of benzene rings is 1. The quantitative estimate of drug-likeness (QED) is 0.565. The summed E-state index contributed by atoms with van der Waals surface area (Å²) in [6.07, 6.45) is 0. The Morgan fingerprint density at radius 2 is 1.88 bits per heavy atom. The van der Waals surface area contributed by atoms with Crippen molar-refractivity contribution in [2.75, 3.05) is 17.3 Å². The third-order valence-corrected chi connectivity index (χ3v) is 2.01. The van der Waals surface area contributed by atoms with E-state index in [9.17, 15) is 4.79 Å². The first kappa shape index (κ1) is 13.2. The van der Waals surface area contributed by atoms with Crippen LogP contribution in [0.5, 0.6) is 0 Å². The molecule has 0 saturated carbocycles. The molecule has 92 valence electrons. The van der Waals surface area contributed by atoms with Crippen LogP contribution in [0.4, 0.5) is 11.4 Å². The van der Waals surface area contributed by atoms with Gasteiger partial charge in [0.2, 0.25) is 5.91 Å². The van der Waals surface area contributed by atoms with E-state index in [1.165, 1.54) is 6.92 Å². The Balaban J connectivity index is 2.49. The molecule has 0 fully saturated rings. The van der Waals surface area contributed by atoms with Crippen LogP contribution in [0.2, 0.25) is 0 Å². The number of carbonyl (C=O) groups excluding carboxylic acids is 1. The van der Waals surface area contributed by atoms with Crippen LogP contribution < -0.4 is 16.2 Å². The number of ether oxygens (including phenoxy) is 1. The smallest absolute Gasteiger partial charge is 0.261 e. The average molecular weight is 253 g/mol. The molecule has 0 bridgehead atoms. The van der Waals surface area contributed by atoms with E-state index in [0.29, 0.717) is 11.8 Å². The van der Waals surface area contributed by atoms with Crippen LogP contribution in [0.3, 0.4) is 0 Å². The van der Waals surface area contributed by atoms with Crippen molar-refractivity contribution in [1.29, 1.82) is 0 Å². The molecule has 1 rings (SSSR count). The van der Waals surface area contributed by atoms with Crippen LogP contribution in [-0.2, 0) is 9.53 Å². The van der Waals surface area contributed by atoms with Crippen molar-refractivity contribution in [3.63, 3.8) is 0 Å². The topological polar surface area (TPSA) is 62.4 Å². The zero-order chi connectivity index (χ0) is 12.7. The SMILES string of the molecule is CCOC(=S)Nc1ccc(NNC(C)=O)cc1. The summed E-state index contributed by atoms with van der Waals surface area (Å²) in [4.78, 5) is 10.7. The van der Waals surface area contributed by atoms with Gasteiger partial charge in [-0.1, -0.05) is 0 Å². The molecule has 1 aromatic carbocycles. The largest absolute Gasteiger partial charge is 0.471 e. The lowest BCUT2D eigenvalue weighted by atomic mass is 10.3. The van der Waals surface area contributed by atoms with Crippen LogP contribution in [0.25, 0.3) is 0 Å².